The number of nitrogens with one attached hydrogen (secondary N) is 2. The molecule has 190 valence electrons. The summed E-state index contributed by atoms with van der Waals surface area (Å²) in [5.74, 6) is 1.24. The summed E-state index contributed by atoms with van der Waals surface area (Å²) in [5, 5.41) is 2.83. The summed E-state index contributed by atoms with van der Waals surface area (Å²) in [4.78, 5) is 15.2. The number of likely N-dealkylation sites (tertiary alicyclic amines) is 1. The number of anilines is 2. The minimum atomic E-state index is -3.76. The van der Waals surface area contributed by atoms with Gasteiger partial charge in [0, 0.05) is 23.5 Å². The molecule has 36 heavy (non-hydrogen) atoms. The standard InChI is InChI=1S/C28H33N3O4S/c1-3-35-26-12-8-25(9-13-26)30-36(33,34)27-14-10-24(11-15-27)29-28(32)23-6-4-22(5-7-23)20-31-18-16-21(2)17-19-31/h4-15,21,30H,3,16-20H2,1-2H3,(H,29,32). The molecule has 1 aliphatic heterocycles. The van der Waals surface area contributed by atoms with Crippen molar-refractivity contribution < 1.29 is 17.9 Å². The van der Waals surface area contributed by atoms with E-state index in [1.165, 1.54) is 30.5 Å². The molecule has 0 saturated carbocycles. The van der Waals surface area contributed by atoms with Gasteiger partial charge in [-0.3, -0.25) is 14.4 Å². The number of hydrogen-bond donors (Lipinski definition) is 2. The molecule has 1 saturated heterocycles. The highest BCUT2D eigenvalue weighted by atomic mass is 32.2. The van der Waals surface area contributed by atoms with Crippen LogP contribution < -0.4 is 14.8 Å². The van der Waals surface area contributed by atoms with Gasteiger partial charge in [0.25, 0.3) is 15.9 Å². The van der Waals surface area contributed by atoms with Crippen molar-refractivity contribution in [1.82, 2.24) is 4.90 Å². The highest BCUT2D eigenvalue weighted by Crippen LogP contribution is 2.22. The number of hydrogen-bond acceptors (Lipinski definition) is 5. The van der Waals surface area contributed by atoms with E-state index >= 15 is 0 Å². The Labute approximate surface area is 213 Å². The smallest absolute Gasteiger partial charge is 0.261 e. The van der Waals surface area contributed by atoms with Gasteiger partial charge in [-0.2, -0.15) is 0 Å². The van der Waals surface area contributed by atoms with Gasteiger partial charge in [-0.15, -0.1) is 0 Å². The van der Waals surface area contributed by atoms with E-state index < -0.39 is 10.0 Å². The van der Waals surface area contributed by atoms with Crippen molar-refractivity contribution in [1.29, 1.82) is 0 Å². The maximum Gasteiger partial charge on any atom is 0.261 e. The summed E-state index contributed by atoms with van der Waals surface area (Å²) < 4.78 is 33.4. The third-order valence-corrected chi connectivity index (χ3v) is 7.74. The molecule has 2 N–H and O–H groups in total. The first-order valence-corrected chi connectivity index (χ1v) is 13.8. The summed E-state index contributed by atoms with van der Waals surface area (Å²) >= 11 is 0. The van der Waals surface area contributed by atoms with Crippen molar-refractivity contribution in [3.63, 3.8) is 0 Å². The zero-order chi connectivity index (χ0) is 25.5. The van der Waals surface area contributed by atoms with Gasteiger partial charge in [0.1, 0.15) is 5.75 Å². The second-order valence-electron chi connectivity index (χ2n) is 9.20. The van der Waals surface area contributed by atoms with Gasteiger partial charge in [0.2, 0.25) is 0 Å². The van der Waals surface area contributed by atoms with Crippen molar-refractivity contribution in [3.8, 4) is 5.75 Å². The Morgan fingerprint density at radius 1 is 0.917 bits per heavy atom. The fourth-order valence-corrected chi connectivity index (χ4v) is 5.22. The van der Waals surface area contributed by atoms with Crippen LogP contribution in [0.3, 0.4) is 0 Å². The van der Waals surface area contributed by atoms with Gasteiger partial charge >= 0.3 is 0 Å². The Kier molecular flexibility index (Phi) is 8.28. The van der Waals surface area contributed by atoms with Crippen LogP contribution in [0, 0.1) is 5.92 Å². The van der Waals surface area contributed by atoms with Crippen LogP contribution in [0.2, 0.25) is 0 Å². The summed E-state index contributed by atoms with van der Waals surface area (Å²) in [6.07, 6.45) is 2.47. The van der Waals surface area contributed by atoms with Crippen molar-refractivity contribution in [2.24, 2.45) is 5.92 Å². The fraction of sp³-hybridized carbons (Fsp3) is 0.321. The highest BCUT2D eigenvalue weighted by Gasteiger charge is 2.17. The van der Waals surface area contributed by atoms with E-state index in [0.29, 0.717) is 29.3 Å². The van der Waals surface area contributed by atoms with Gasteiger partial charge in [-0.05, 0) is 105 Å². The molecule has 0 aromatic heterocycles. The maximum absolute atomic E-state index is 12.7. The van der Waals surface area contributed by atoms with Gasteiger partial charge in [0.15, 0.2) is 0 Å². The van der Waals surface area contributed by atoms with Crippen molar-refractivity contribution in [2.75, 3.05) is 29.7 Å². The Balaban J connectivity index is 1.33. The van der Waals surface area contributed by atoms with E-state index in [4.69, 9.17) is 4.74 Å². The lowest BCUT2D eigenvalue weighted by molar-refractivity contribution is 0.102. The summed E-state index contributed by atoms with van der Waals surface area (Å²) in [5.41, 5.74) is 2.70. The van der Waals surface area contributed by atoms with E-state index in [0.717, 1.165) is 25.6 Å². The zero-order valence-corrected chi connectivity index (χ0v) is 21.6. The van der Waals surface area contributed by atoms with E-state index in [2.05, 4.69) is 21.9 Å². The van der Waals surface area contributed by atoms with Gasteiger partial charge in [-0.1, -0.05) is 19.1 Å². The predicted molar refractivity (Wildman–Crippen MR) is 143 cm³/mol. The largest absolute Gasteiger partial charge is 0.494 e. The normalized spacial score (nSPS) is 14.8. The molecule has 3 aromatic carbocycles. The number of carbonyl (C=O) groups excluding carboxylic acids is 1. The lowest BCUT2D eigenvalue weighted by atomic mass is 9.99. The summed E-state index contributed by atoms with van der Waals surface area (Å²) in [6, 6.07) is 20.5. The first-order chi connectivity index (χ1) is 17.3. The number of ether oxygens (including phenoxy) is 1. The molecule has 1 fully saturated rings. The Bertz CT molecular complexity index is 1250. The molecule has 0 spiro atoms. The van der Waals surface area contributed by atoms with Crippen LogP contribution in [-0.2, 0) is 16.6 Å². The van der Waals surface area contributed by atoms with Gasteiger partial charge in [-0.25, -0.2) is 8.42 Å². The first kappa shape index (κ1) is 25.7. The molecule has 0 unspecified atom stereocenters. The van der Waals surface area contributed by atoms with Crippen LogP contribution in [0.15, 0.2) is 77.7 Å². The van der Waals surface area contributed by atoms with Crippen LogP contribution in [0.4, 0.5) is 11.4 Å². The summed E-state index contributed by atoms with van der Waals surface area (Å²) in [6.45, 7) is 7.86. The second-order valence-corrected chi connectivity index (χ2v) is 10.9. The van der Waals surface area contributed by atoms with E-state index in [1.54, 1.807) is 36.4 Å². The number of nitrogens with zero attached hydrogens (tertiary/aromatic N) is 1. The third-order valence-electron chi connectivity index (χ3n) is 6.34. The molecule has 3 aromatic rings. The molecule has 4 rings (SSSR count). The molecular weight excluding hydrogens is 474 g/mol. The molecule has 0 bridgehead atoms. The minimum Gasteiger partial charge on any atom is -0.494 e. The maximum atomic E-state index is 12.7. The molecule has 8 heteroatoms. The van der Waals surface area contributed by atoms with Crippen LogP contribution in [0.5, 0.6) is 5.75 Å². The molecule has 1 heterocycles. The SMILES string of the molecule is CCOc1ccc(NS(=O)(=O)c2ccc(NC(=O)c3ccc(CN4CCC(C)CC4)cc3)cc2)cc1. The molecule has 0 aliphatic carbocycles. The van der Waals surface area contributed by atoms with E-state index in [-0.39, 0.29) is 10.8 Å². The number of sulfonamides is 1. The average Bonchev–Trinajstić information content (AvgIpc) is 2.87. The number of carbonyl (C=O) groups is 1. The average molecular weight is 508 g/mol. The second kappa shape index (κ2) is 11.6. The van der Waals surface area contributed by atoms with Gasteiger partial charge in [0.05, 0.1) is 11.5 Å². The summed E-state index contributed by atoms with van der Waals surface area (Å²) in [7, 11) is -3.76. The lowest BCUT2D eigenvalue weighted by Crippen LogP contribution is -2.32. The molecule has 0 atom stereocenters. The molecule has 0 radical (unpaired) electrons. The number of amides is 1. The Morgan fingerprint density at radius 2 is 1.53 bits per heavy atom. The van der Waals surface area contributed by atoms with E-state index in [1.807, 2.05) is 31.2 Å². The Morgan fingerprint density at radius 3 is 2.14 bits per heavy atom. The predicted octanol–water partition coefficient (Wildman–Crippen LogP) is 5.37. The number of piperidine rings is 1. The topological polar surface area (TPSA) is 87.7 Å². The highest BCUT2D eigenvalue weighted by molar-refractivity contribution is 7.92. The Hall–Kier alpha value is -3.36. The zero-order valence-electron chi connectivity index (χ0n) is 20.7. The first-order valence-electron chi connectivity index (χ1n) is 12.3. The van der Waals surface area contributed by atoms with Gasteiger partial charge < -0.3 is 10.1 Å². The molecule has 1 amide bonds. The van der Waals surface area contributed by atoms with Crippen molar-refractivity contribution in [3.05, 3.63) is 83.9 Å². The van der Waals surface area contributed by atoms with Crippen LogP contribution >= 0.6 is 0 Å². The molecule has 1 aliphatic rings. The third kappa shape index (κ3) is 6.86. The number of rotatable bonds is 9. The molecule has 7 nitrogen and oxygen atoms in total. The molecular formula is C28H33N3O4S. The van der Waals surface area contributed by atoms with Crippen molar-refractivity contribution >= 4 is 27.3 Å². The van der Waals surface area contributed by atoms with E-state index in [9.17, 15) is 13.2 Å². The monoisotopic (exact) mass is 507 g/mol. The van der Waals surface area contributed by atoms with Crippen molar-refractivity contribution in [2.45, 2.75) is 38.1 Å². The van der Waals surface area contributed by atoms with Crippen LogP contribution in [-0.4, -0.2) is 38.9 Å². The number of benzene rings is 3. The fourth-order valence-electron chi connectivity index (χ4n) is 4.16. The lowest BCUT2D eigenvalue weighted by Gasteiger charge is -2.30. The van der Waals surface area contributed by atoms with Crippen LogP contribution in [0.25, 0.3) is 0 Å². The quantitative estimate of drug-likeness (QED) is 0.407. The minimum absolute atomic E-state index is 0.103. The van der Waals surface area contributed by atoms with Crippen LogP contribution in [0.1, 0.15) is 42.6 Å².